The zero-order valence-electron chi connectivity index (χ0n) is 11.2. The minimum absolute atomic E-state index is 0.0156. The molecule has 1 atom stereocenters. The molecule has 0 aliphatic rings. The molecule has 1 aromatic heterocycles. The van der Waals surface area contributed by atoms with E-state index in [1.165, 1.54) is 6.07 Å². The molecular formula is C14H18FN3O. The predicted molar refractivity (Wildman–Crippen MR) is 70.2 cm³/mol. The number of nitrogens with one attached hydrogen (secondary N) is 1. The molecule has 0 fully saturated rings. The highest BCUT2D eigenvalue weighted by Gasteiger charge is 2.14. The number of nitrogens with zero attached hydrogens (tertiary/aromatic N) is 2. The molecule has 2 rings (SSSR count). The van der Waals surface area contributed by atoms with E-state index in [9.17, 15) is 4.39 Å². The lowest BCUT2D eigenvalue weighted by Crippen LogP contribution is -2.19. The van der Waals surface area contributed by atoms with E-state index in [1.54, 1.807) is 18.2 Å². The molecule has 0 aliphatic carbocycles. The fourth-order valence-corrected chi connectivity index (χ4v) is 1.78. The number of hydrogen-bond donors (Lipinski definition) is 1. The molecule has 0 saturated carbocycles. The van der Waals surface area contributed by atoms with Crippen LogP contribution in [0.15, 0.2) is 28.8 Å². The second kappa shape index (κ2) is 6.43. The number of halogens is 1. The maximum atomic E-state index is 13.5. The summed E-state index contributed by atoms with van der Waals surface area (Å²) in [5, 5.41) is 7.16. The predicted octanol–water partition coefficient (Wildman–Crippen LogP) is 2.86. The highest BCUT2D eigenvalue weighted by atomic mass is 19.1. The van der Waals surface area contributed by atoms with E-state index in [-0.39, 0.29) is 11.9 Å². The third-order valence-electron chi connectivity index (χ3n) is 2.86. The van der Waals surface area contributed by atoms with Gasteiger partial charge in [0.2, 0.25) is 5.89 Å². The maximum absolute atomic E-state index is 13.5. The van der Waals surface area contributed by atoms with Gasteiger partial charge in [0, 0.05) is 6.42 Å². The fourth-order valence-electron chi connectivity index (χ4n) is 1.78. The summed E-state index contributed by atoms with van der Waals surface area (Å²) in [6, 6.07) is 6.63. The number of rotatable bonds is 6. The van der Waals surface area contributed by atoms with E-state index in [0.717, 1.165) is 13.0 Å². The van der Waals surface area contributed by atoms with Crippen LogP contribution in [0.5, 0.6) is 0 Å². The Kier molecular flexibility index (Phi) is 4.63. The molecule has 0 saturated heterocycles. The lowest BCUT2D eigenvalue weighted by molar-refractivity contribution is 0.337. The molecule has 2 aromatic rings. The fraction of sp³-hybridized carbons (Fsp3) is 0.429. The Morgan fingerprint density at radius 3 is 2.89 bits per heavy atom. The van der Waals surface area contributed by atoms with Gasteiger partial charge in [-0.2, -0.15) is 4.98 Å². The van der Waals surface area contributed by atoms with Crippen LogP contribution in [-0.4, -0.2) is 16.7 Å². The molecule has 0 radical (unpaired) electrons. The molecule has 19 heavy (non-hydrogen) atoms. The Hall–Kier alpha value is -1.75. The Bertz CT molecular complexity index is 527. The zero-order valence-corrected chi connectivity index (χ0v) is 11.2. The average Bonchev–Trinajstić information content (AvgIpc) is 2.87. The molecule has 1 heterocycles. The largest absolute Gasteiger partial charge is 0.338 e. The van der Waals surface area contributed by atoms with Crippen molar-refractivity contribution in [1.29, 1.82) is 0 Å². The van der Waals surface area contributed by atoms with Crippen LogP contribution in [0.2, 0.25) is 0 Å². The van der Waals surface area contributed by atoms with Crippen LogP contribution in [0, 0.1) is 5.82 Å². The van der Waals surface area contributed by atoms with E-state index in [0.29, 0.717) is 23.7 Å². The van der Waals surface area contributed by atoms with Crippen molar-refractivity contribution in [3.05, 3.63) is 47.4 Å². The van der Waals surface area contributed by atoms with Gasteiger partial charge < -0.3 is 9.84 Å². The van der Waals surface area contributed by atoms with Gasteiger partial charge in [0.05, 0.1) is 6.04 Å². The number of benzene rings is 1. The van der Waals surface area contributed by atoms with Gasteiger partial charge in [-0.15, -0.1) is 0 Å². The van der Waals surface area contributed by atoms with Crippen molar-refractivity contribution in [3.63, 3.8) is 0 Å². The second-order valence-corrected chi connectivity index (χ2v) is 4.49. The highest BCUT2D eigenvalue weighted by Crippen LogP contribution is 2.14. The number of aromatic nitrogens is 2. The van der Waals surface area contributed by atoms with Crippen LogP contribution < -0.4 is 5.32 Å². The third-order valence-corrected chi connectivity index (χ3v) is 2.86. The molecule has 0 spiro atoms. The molecule has 1 N–H and O–H groups in total. The smallest absolute Gasteiger partial charge is 0.243 e. The molecular weight excluding hydrogens is 245 g/mol. The van der Waals surface area contributed by atoms with E-state index in [1.807, 2.05) is 6.92 Å². The lowest BCUT2D eigenvalue weighted by atomic mass is 10.1. The van der Waals surface area contributed by atoms with Crippen LogP contribution in [-0.2, 0) is 6.42 Å². The van der Waals surface area contributed by atoms with Gasteiger partial charge >= 0.3 is 0 Å². The second-order valence-electron chi connectivity index (χ2n) is 4.49. The summed E-state index contributed by atoms with van der Waals surface area (Å²) in [7, 11) is 0. The molecule has 0 amide bonds. The van der Waals surface area contributed by atoms with Crippen molar-refractivity contribution in [2.75, 3.05) is 6.54 Å². The van der Waals surface area contributed by atoms with Gasteiger partial charge in [-0.25, -0.2) is 4.39 Å². The summed E-state index contributed by atoms with van der Waals surface area (Å²) in [6.07, 6.45) is 1.39. The van der Waals surface area contributed by atoms with Crippen LogP contribution in [0.25, 0.3) is 0 Å². The standard InChI is InChI=1S/C14H18FN3O/c1-3-8-16-10(2)14-17-13(18-19-14)9-11-6-4-5-7-12(11)15/h4-7,10,16H,3,8-9H2,1-2H3. The summed E-state index contributed by atoms with van der Waals surface area (Å²) >= 11 is 0. The third kappa shape index (κ3) is 3.61. The maximum Gasteiger partial charge on any atom is 0.243 e. The Balaban J connectivity index is 2.03. The monoisotopic (exact) mass is 263 g/mol. The highest BCUT2D eigenvalue weighted by molar-refractivity contribution is 5.20. The Morgan fingerprint density at radius 1 is 1.37 bits per heavy atom. The van der Waals surface area contributed by atoms with Crippen LogP contribution in [0.3, 0.4) is 0 Å². The lowest BCUT2D eigenvalue weighted by Gasteiger charge is -2.06. The summed E-state index contributed by atoms with van der Waals surface area (Å²) < 4.78 is 18.7. The van der Waals surface area contributed by atoms with Crippen LogP contribution in [0.1, 0.15) is 43.6 Å². The van der Waals surface area contributed by atoms with Gasteiger partial charge in [-0.1, -0.05) is 30.3 Å². The summed E-state index contributed by atoms with van der Waals surface area (Å²) in [5.74, 6) is 0.802. The van der Waals surface area contributed by atoms with Gasteiger partial charge in [0.15, 0.2) is 5.82 Å². The van der Waals surface area contributed by atoms with Crippen molar-refractivity contribution in [2.24, 2.45) is 0 Å². The Morgan fingerprint density at radius 2 is 2.16 bits per heavy atom. The zero-order chi connectivity index (χ0) is 13.7. The van der Waals surface area contributed by atoms with Crippen molar-refractivity contribution >= 4 is 0 Å². The van der Waals surface area contributed by atoms with Crippen molar-refractivity contribution in [3.8, 4) is 0 Å². The van der Waals surface area contributed by atoms with Crippen molar-refractivity contribution in [2.45, 2.75) is 32.7 Å². The van der Waals surface area contributed by atoms with E-state index < -0.39 is 0 Å². The van der Waals surface area contributed by atoms with E-state index >= 15 is 0 Å². The minimum Gasteiger partial charge on any atom is -0.338 e. The first-order chi connectivity index (χ1) is 9.20. The first-order valence-electron chi connectivity index (χ1n) is 6.50. The quantitative estimate of drug-likeness (QED) is 0.870. The van der Waals surface area contributed by atoms with Gasteiger partial charge in [-0.3, -0.25) is 0 Å². The van der Waals surface area contributed by atoms with Crippen LogP contribution in [0.4, 0.5) is 4.39 Å². The average molecular weight is 263 g/mol. The molecule has 0 bridgehead atoms. The molecule has 4 nitrogen and oxygen atoms in total. The van der Waals surface area contributed by atoms with Gasteiger partial charge in [0.25, 0.3) is 0 Å². The Labute approximate surface area is 112 Å². The number of hydrogen-bond acceptors (Lipinski definition) is 4. The molecule has 102 valence electrons. The molecule has 5 heteroatoms. The summed E-state index contributed by atoms with van der Waals surface area (Å²) in [6.45, 7) is 4.96. The SMILES string of the molecule is CCCNC(C)c1nc(Cc2ccccc2F)no1. The van der Waals surface area contributed by atoms with E-state index in [4.69, 9.17) is 4.52 Å². The normalized spacial score (nSPS) is 12.6. The van der Waals surface area contributed by atoms with E-state index in [2.05, 4.69) is 22.4 Å². The summed E-state index contributed by atoms with van der Waals surface area (Å²) in [4.78, 5) is 4.29. The molecule has 0 aliphatic heterocycles. The minimum atomic E-state index is -0.244. The molecule has 1 aromatic carbocycles. The topological polar surface area (TPSA) is 51.0 Å². The van der Waals surface area contributed by atoms with Gasteiger partial charge in [-0.05, 0) is 31.5 Å². The van der Waals surface area contributed by atoms with Crippen molar-refractivity contribution in [1.82, 2.24) is 15.5 Å². The van der Waals surface area contributed by atoms with Crippen LogP contribution >= 0.6 is 0 Å². The summed E-state index contributed by atoms with van der Waals surface area (Å²) in [5.41, 5.74) is 0.573. The first kappa shape index (κ1) is 13.7. The van der Waals surface area contributed by atoms with Crippen molar-refractivity contribution < 1.29 is 8.91 Å². The first-order valence-corrected chi connectivity index (χ1v) is 6.50. The molecule has 1 unspecified atom stereocenters. The van der Waals surface area contributed by atoms with Gasteiger partial charge in [0.1, 0.15) is 5.82 Å².